The summed E-state index contributed by atoms with van der Waals surface area (Å²) in [6.07, 6.45) is -5.59. The van der Waals surface area contributed by atoms with Crippen molar-refractivity contribution in [1.29, 1.82) is 0 Å². The lowest BCUT2D eigenvalue weighted by molar-refractivity contribution is -0.207. The summed E-state index contributed by atoms with van der Waals surface area (Å²) in [5.41, 5.74) is -3.04. The molecule has 0 aliphatic rings. The van der Waals surface area contributed by atoms with Gasteiger partial charge in [0.05, 0.1) is 13.0 Å². The molecule has 0 fully saturated rings. The fourth-order valence-corrected chi connectivity index (χ4v) is 2.28. The maximum absolute atomic E-state index is 13.9. The first-order chi connectivity index (χ1) is 12.7. The van der Waals surface area contributed by atoms with Gasteiger partial charge in [-0.25, -0.2) is 4.79 Å². The molecule has 146 valence electrons. The van der Waals surface area contributed by atoms with E-state index in [0.29, 0.717) is 5.56 Å². The maximum atomic E-state index is 13.9. The zero-order chi connectivity index (χ0) is 20.1. The topological polar surface area (TPSA) is 93.5 Å². The Balaban J connectivity index is 2.36. The van der Waals surface area contributed by atoms with Crippen molar-refractivity contribution in [3.05, 3.63) is 47.7 Å². The molecule has 0 spiro atoms. The Morgan fingerprint density at radius 2 is 1.89 bits per heavy atom. The zero-order valence-corrected chi connectivity index (χ0v) is 14.6. The summed E-state index contributed by atoms with van der Waals surface area (Å²) in [6.45, 7) is 2.50. The van der Waals surface area contributed by atoms with E-state index in [1.54, 1.807) is 35.6 Å². The highest BCUT2D eigenvalue weighted by Crippen LogP contribution is 2.33. The van der Waals surface area contributed by atoms with Crippen LogP contribution in [0.1, 0.15) is 18.2 Å². The Kier molecular flexibility index (Phi) is 6.09. The Bertz CT molecular complexity index is 792. The van der Waals surface area contributed by atoms with Crippen molar-refractivity contribution < 1.29 is 32.0 Å². The zero-order valence-electron chi connectivity index (χ0n) is 14.6. The van der Waals surface area contributed by atoms with Gasteiger partial charge in [0.1, 0.15) is 5.76 Å². The average molecular weight is 385 g/mol. The molecule has 0 bridgehead atoms. The number of anilines is 1. The SMILES string of the molecule is CCOC(=O)[C@](NC(=O)Cc1ccccc1)(Nc1cc(C)on1)C(F)(F)F. The summed E-state index contributed by atoms with van der Waals surface area (Å²) in [5, 5.41) is 7.05. The second-order valence-electron chi connectivity index (χ2n) is 5.63. The van der Waals surface area contributed by atoms with Crippen molar-refractivity contribution >= 4 is 17.7 Å². The normalized spacial score (nSPS) is 13.5. The van der Waals surface area contributed by atoms with Gasteiger partial charge in [-0.05, 0) is 19.4 Å². The van der Waals surface area contributed by atoms with Crippen molar-refractivity contribution in [2.24, 2.45) is 0 Å². The fraction of sp³-hybridized carbons (Fsp3) is 0.353. The van der Waals surface area contributed by atoms with E-state index in [0.717, 1.165) is 6.07 Å². The quantitative estimate of drug-likeness (QED) is 0.562. The van der Waals surface area contributed by atoms with E-state index in [2.05, 4.69) is 9.89 Å². The number of nitrogens with one attached hydrogen (secondary N) is 2. The number of esters is 1. The minimum absolute atomic E-state index is 0.216. The first-order valence-corrected chi connectivity index (χ1v) is 7.98. The number of hydrogen-bond acceptors (Lipinski definition) is 6. The summed E-state index contributed by atoms with van der Waals surface area (Å²) in [6, 6.07) is 9.29. The number of carbonyl (C=O) groups excluding carboxylic acids is 2. The number of carbonyl (C=O) groups is 2. The van der Waals surface area contributed by atoms with Gasteiger partial charge in [-0.15, -0.1) is 0 Å². The molecule has 1 atom stereocenters. The molecule has 2 aromatic rings. The molecule has 0 saturated carbocycles. The Labute approximate surface area is 152 Å². The summed E-state index contributed by atoms with van der Waals surface area (Å²) in [5.74, 6) is -2.90. The van der Waals surface area contributed by atoms with E-state index in [4.69, 9.17) is 4.52 Å². The summed E-state index contributed by atoms with van der Waals surface area (Å²) >= 11 is 0. The van der Waals surface area contributed by atoms with Crippen LogP contribution in [0.3, 0.4) is 0 Å². The third-order valence-electron chi connectivity index (χ3n) is 3.48. The van der Waals surface area contributed by atoms with Crippen LogP contribution in [0.4, 0.5) is 19.0 Å². The number of aromatic nitrogens is 1. The molecular weight excluding hydrogens is 367 g/mol. The van der Waals surface area contributed by atoms with E-state index in [9.17, 15) is 22.8 Å². The first kappa shape index (κ1) is 20.3. The molecule has 0 radical (unpaired) electrons. The monoisotopic (exact) mass is 385 g/mol. The van der Waals surface area contributed by atoms with Gasteiger partial charge in [-0.1, -0.05) is 35.5 Å². The van der Waals surface area contributed by atoms with Gasteiger partial charge in [0.2, 0.25) is 5.91 Å². The molecule has 0 aliphatic carbocycles. The fourth-order valence-electron chi connectivity index (χ4n) is 2.28. The molecule has 1 heterocycles. The Hall–Kier alpha value is -3.04. The molecule has 0 unspecified atom stereocenters. The lowest BCUT2D eigenvalue weighted by Crippen LogP contribution is -2.69. The third kappa shape index (κ3) is 4.78. The molecule has 2 rings (SSSR count). The van der Waals surface area contributed by atoms with Crippen molar-refractivity contribution in [3.63, 3.8) is 0 Å². The van der Waals surface area contributed by atoms with E-state index in [1.807, 2.05) is 5.32 Å². The van der Waals surface area contributed by atoms with Gasteiger partial charge in [-0.3, -0.25) is 4.79 Å². The molecule has 1 aromatic carbocycles. The minimum atomic E-state index is -5.22. The highest BCUT2D eigenvalue weighted by atomic mass is 19.4. The Morgan fingerprint density at radius 1 is 1.22 bits per heavy atom. The van der Waals surface area contributed by atoms with Crippen LogP contribution >= 0.6 is 0 Å². The van der Waals surface area contributed by atoms with Gasteiger partial charge >= 0.3 is 17.8 Å². The van der Waals surface area contributed by atoms with E-state index >= 15 is 0 Å². The van der Waals surface area contributed by atoms with Crippen LogP contribution in [-0.4, -0.2) is 35.5 Å². The predicted octanol–water partition coefficient (Wildman–Crippen LogP) is 2.58. The highest BCUT2D eigenvalue weighted by molar-refractivity contribution is 5.91. The maximum Gasteiger partial charge on any atom is 0.441 e. The number of hydrogen-bond donors (Lipinski definition) is 2. The summed E-state index contributed by atoms with van der Waals surface area (Å²) in [7, 11) is 0. The van der Waals surface area contributed by atoms with Crippen molar-refractivity contribution in [3.8, 4) is 0 Å². The molecule has 2 N–H and O–H groups in total. The second kappa shape index (κ2) is 8.11. The van der Waals surface area contributed by atoms with Gasteiger partial charge in [-0.2, -0.15) is 13.2 Å². The van der Waals surface area contributed by atoms with Gasteiger partial charge < -0.3 is 19.9 Å². The van der Waals surface area contributed by atoms with E-state index in [1.165, 1.54) is 13.8 Å². The molecule has 7 nitrogen and oxygen atoms in total. The molecule has 0 aliphatic heterocycles. The molecule has 1 amide bonds. The molecule has 10 heteroatoms. The molecule has 1 aromatic heterocycles. The van der Waals surface area contributed by atoms with Crippen molar-refractivity contribution in [2.75, 3.05) is 11.9 Å². The van der Waals surface area contributed by atoms with Crippen LogP contribution in [0.25, 0.3) is 0 Å². The number of nitrogens with zero attached hydrogens (tertiary/aromatic N) is 1. The Morgan fingerprint density at radius 3 is 2.41 bits per heavy atom. The van der Waals surface area contributed by atoms with E-state index in [-0.39, 0.29) is 24.6 Å². The summed E-state index contributed by atoms with van der Waals surface area (Å²) in [4.78, 5) is 24.5. The first-order valence-electron chi connectivity index (χ1n) is 7.98. The van der Waals surface area contributed by atoms with Crippen molar-refractivity contribution in [1.82, 2.24) is 10.5 Å². The standard InChI is InChI=1S/C17H18F3N3O4/c1-3-26-15(25)16(17(18,19)20,21-13-9-11(2)27-23-13)22-14(24)10-12-7-5-4-6-8-12/h4-9H,3,10H2,1-2H3,(H,21,23)(H,22,24)/t16-/m1/s1. The van der Waals surface area contributed by atoms with Crippen molar-refractivity contribution in [2.45, 2.75) is 32.1 Å². The lowest BCUT2D eigenvalue weighted by atomic mass is 10.1. The number of halogens is 3. The molecule has 27 heavy (non-hydrogen) atoms. The third-order valence-corrected chi connectivity index (χ3v) is 3.48. The predicted molar refractivity (Wildman–Crippen MR) is 88.6 cm³/mol. The van der Waals surface area contributed by atoms with Crippen LogP contribution in [0.2, 0.25) is 0 Å². The molecule has 0 saturated heterocycles. The molecular formula is C17H18F3N3O4. The number of ether oxygens (including phenoxy) is 1. The smallest absolute Gasteiger partial charge is 0.441 e. The second-order valence-corrected chi connectivity index (χ2v) is 5.63. The largest absolute Gasteiger partial charge is 0.463 e. The van der Waals surface area contributed by atoms with E-state index < -0.39 is 23.7 Å². The lowest BCUT2D eigenvalue weighted by Gasteiger charge is -2.34. The number of alkyl halides is 3. The minimum Gasteiger partial charge on any atom is -0.463 e. The average Bonchev–Trinajstić information content (AvgIpc) is 2.99. The van der Waals surface area contributed by atoms with Crippen LogP contribution < -0.4 is 10.6 Å². The van der Waals surface area contributed by atoms with Crippen LogP contribution in [0.15, 0.2) is 40.9 Å². The number of rotatable bonds is 7. The van der Waals surface area contributed by atoms with Gasteiger partial charge in [0, 0.05) is 6.07 Å². The number of amides is 1. The van der Waals surface area contributed by atoms with Crippen LogP contribution in [-0.2, 0) is 20.7 Å². The van der Waals surface area contributed by atoms with Gasteiger partial charge in [0.25, 0.3) is 0 Å². The van der Waals surface area contributed by atoms with Gasteiger partial charge in [0.15, 0.2) is 5.82 Å². The van der Waals surface area contributed by atoms with Crippen LogP contribution in [0, 0.1) is 6.92 Å². The number of benzene rings is 1. The number of aryl methyl sites for hydroxylation is 1. The van der Waals surface area contributed by atoms with Crippen LogP contribution in [0.5, 0.6) is 0 Å². The highest BCUT2D eigenvalue weighted by Gasteiger charge is 2.64. The summed E-state index contributed by atoms with van der Waals surface area (Å²) < 4.78 is 51.0.